The summed E-state index contributed by atoms with van der Waals surface area (Å²) in [4.78, 5) is 25.8. The average molecular weight is 731 g/mol. The van der Waals surface area contributed by atoms with Gasteiger partial charge in [-0.15, -0.1) is 0 Å². The first kappa shape index (κ1) is 50.7. The maximum atomic E-state index is 13.0. The smallest absolute Gasteiger partial charge is 0.390 e. The first-order valence-corrected chi connectivity index (χ1v) is 21.8. The molecular weight excluding hydrogens is 651 g/mol. The van der Waals surface area contributed by atoms with Gasteiger partial charge in [0.1, 0.15) is 13.1 Å². The van der Waals surface area contributed by atoms with E-state index >= 15 is 0 Å². The fraction of sp³-hybridized carbons (Fsp3) is 0.854. The molecule has 0 heterocycles. The molecule has 0 radical (unpaired) electrons. The van der Waals surface area contributed by atoms with Crippen LogP contribution in [0.5, 0.6) is 0 Å². The van der Waals surface area contributed by atoms with Crippen molar-refractivity contribution >= 4 is 22.1 Å². The van der Waals surface area contributed by atoms with Crippen molar-refractivity contribution in [1.29, 1.82) is 0 Å². The van der Waals surface area contributed by atoms with E-state index in [0.717, 1.165) is 39.2 Å². The number of nitrogens with zero attached hydrogens (tertiary/aromatic N) is 1. The van der Waals surface area contributed by atoms with Gasteiger partial charge in [0.2, 0.25) is 0 Å². The van der Waals surface area contributed by atoms with Crippen LogP contribution in [-0.2, 0) is 24.2 Å². The summed E-state index contributed by atoms with van der Waals surface area (Å²) in [6, 6.07) is 0. The quantitative estimate of drug-likeness (QED) is 0.0288. The molecule has 0 saturated heterocycles. The van der Waals surface area contributed by atoms with Crippen LogP contribution in [0.3, 0.4) is 0 Å². The van der Waals surface area contributed by atoms with E-state index in [1.54, 1.807) is 0 Å². The molecule has 0 aliphatic heterocycles. The Morgan fingerprint density at radius 3 is 1.24 bits per heavy atom. The SMILES string of the molecule is CCCCCCCC/C=C\CCCCCCCC(=O)C[N+](C)(CCO)C(=O)CCCCCCC/C=C\CCCCCCCC.COS(=O)(=O)O. The Morgan fingerprint density at radius 1 is 0.580 bits per heavy atom. The second-order valence-electron chi connectivity index (χ2n) is 14.2. The number of carbonyl (C=O) groups is 2. The van der Waals surface area contributed by atoms with Crippen molar-refractivity contribution in [3.8, 4) is 0 Å². The summed E-state index contributed by atoms with van der Waals surface area (Å²) in [5, 5.41) is 9.59. The normalized spacial score (nSPS) is 13.1. The topological polar surface area (TPSA) is 118 Å². The molecule has 0 saturated carbocycles. The van der Waals surface area contributed by atoms with Gasteiger partial charge >= 0.3 is 16.3 Å². The number of hydrogen-bond donors (Lipinski definition) is 2. The summed E-state index contributed by atoms with van der Waals surface area (Å²) < 4.78 is 29.8. The fourth-order valence-corrected chi connectivity index (χ4v) is 5.99. The standard InChI is InChI=1S/C40H76NO3.CH4O4S/c1-4-6-8-10-12-14-16-18-20-22-24-26-28-30-32-34-39(43)38-41(3,36-37-42)40(44)35-33-31-29-27-25-23-21-19-17-15-13-11-9-7-5-2;1-5-6(2,3)4/h18-21,42H,4-17,22-38H2,1-3H3;1H3,(H,2,3,4)/q+1;/b20-18-,21-19-;. The molecular formula is C41H80NO7S+. The Bertz CT molecular complexity index is 935. The maximum Gasteiger partial charge on any atom is 0.397 e. The molecule has 0 rings (SSSR count). The molecule has 0 aliphatic carbocycles. The molecule has 0 fully saturated rings. The summed E-state index contributed by atoms with van der Waals surface area (Å²) in [5.74, 6) is 0.269. The van der Waals surface area contributed by atoms with Crippen molar-refractivity contribution in [3.63, 3.8) is 0 Å². The van der Waals surface area contributed by atoms with Gasteiger partial charge in [0.05, 0.1) is 27.2 Å². The van der Waals surface area contributed by atoms with Crippen molar-refractivity contribution in [2.45, 2.75) is 194 Å². The van der Waals surface area contributed by atoms with Gasteiger partial charge in [-0.25, -0.2) is 4.79 Å². The number of hydrogen-bond acceptors (Lipinski definition) is 6. The van der Waals surface area contributed by atoms with Gasteiger partial charge < -0.3 is 5.11 Å². The van der Waals surface area contributed by atoms with Crippen LogP contribution >= 0.6 is 0 Å². The largest absolute Gasteiger partial charge is 0.397 e. The Labute approximate surface area is 309 Å². The van der Waals surface area contributed by atoms with Crippen molar-refractivity contribution < 1.29 is 36.3 Å². The highest BCUT2D eigenvalue weighted by Gasteiger charge is 2.32. The molecule has 1 unspecified atom stereocenters. The van der Waals surface area contributed by atoms with Gasteiger partial charge in [0.25, 0.3) is 0 Å². The number of amides is 1. The van der Waals surface area contributed by atoms with Gasteiger partial charge in [0, 0.05) is 6.42 Å². The number of allylic oxidation sites excluding steroid dienone is 4. The molecule has 0 aromatic heterocycles. The summed E-state index contributed by atoms with van der Waals surface area (Å²) in [5.41, 5.74) is 0. The minimum atomic E-state index is -4.16. The van der Waals surface area contributed by atoms with Crippen LogP contribution in [0.1, 0.15) is 194 Å². The minimum Gasteiger partial charge on any atom is -0.390 e. The molecule has 1 amide bonds. The number of unbranched alkanes of at least 4 members (excludes halogenated alkanes) is 22. The van der Waals surface area contributed by atoms with Gasteiger partial charge in [0.15, 0.2) is 5.78 Å². The predicted octanol–water partition coefficient (Wildman–Crippen LogP) is 11.0. The molecule has 8 nitrogen and oxygen atoms in total. The molecule has 1 atom stereocenters. The lowest BCUT2D eigenvalue weighted by Crippen LogP contribution is -2.53. The Kier molecular flexibility index (Phi) is 37.9. The molecule has 0 bridgehead atoms. The molecule has 0 aliphatic rings. The second kappa shape index (κ2) is 37.4. The van der Waals surface area contributed by atoms with Crippen LogP contribution < -0.4 is 0 Å². The highest BCUT2D eigenvalue weighted by atomic mass is 32.3. The molecule has 50 heavy (non-hydrogen) atoms. The van der Waals surface area contributed by atoms with E-state index < -0.39 is 10.4 Å². The van der Waals surface area contributed by atoms with E-state index in [9.17, 15) is 23.1 Å². The van der Waals surface area contributed by atoms with E-state index in [0.29, 0.717) is 19.4 Å². The Morgan fingerprint density at radius 2 is 0.900 bits per heavy atom. The van der Waals surface area contributed by atoms with Gasteiger partial charge in [-0.2, -0.15) is 8.42 Å². The fourth-order valence-electron chi connectivity index (χ4n) is 5.99. The molecule has 0 spiro atoms. The lowest BCUT2D eigenvalue weighted by Gasteiger charge is -2.30. The highest BCUT2D eigenvalue weighted by molar-refractivity contribution is 7.80. The summed E-state index contributed by atoms with van der Waals surface area (Å²) >= 11 is 0. The van der Waals surface area contributed by atoms with Gasteiger partial charge in [-0.05, 0) is 64.2 Å². The first-order valence-electron chi connectivity index (χ1n) is 20.4. The zero-order valence-corrected chi connectivity index (χ0v) is 33.8. The molecule has 0 aromatic rings. The zero-order chi connectivity index (χ0) is 37.6. The minimum absolute atomic E-state index is 0.0593. The van der Waals surface area contributed by atoms with Crippen LogP contribution in [-0.4, -0.2) is 68.1 Å². The maximum absolute atomic E-state index is 13.0. The van der Waals surface area contributed by atoms with E-state index in [1.807, 2.05) is 7.05 Å². The second-order valence-corrected chi connectivity index (χ2v) is 15.4. The van der Waals surface area contributed by atoms with Crippen LogP contribution in [0.2, 0.25) is 0 Å². The van der Waals surface area contributed by atoms with E-state index in [-0.39, 0.29) is 29.3 Å². The number of quaternary nitrogens is 1. The average Bonchev–Trinajstić information content (AvgIpc) is 3.08. The monoisotopic (exact) mass is 731 g/mol. The summed E-state index contributed by atoms with van der Waals surface area (Å²) in [6.07, 6.45) is 42.8. The number of ketones is 1. The lowest BCUT2D eigenvalue weighted by molar-refractivity contribution is -0.827. The van der Waals surface area contributed by atoms with Crippen LogP contribution in [0.4, 0.5) is 0 Å². The van der Waals surface area contributed by atoms with Crippen molar-refractivity contribution in [3.05, 3.63) is 24.3 Å². The Balaban J connectivity index is 0. The van der Waals surface area contributed by atoms with Crippen molar-refractivity contribution in [2.24, 2.45) is 0 Å². The number of aliphatic hydroxyl groups excluding tert-OH is 1. The van der Waals surface area contributed by atoms with E-state index in [2.05, 4.69) is 42.3 Å². The first-order chi connectivity index (χ1) is 24.1. The summed E-state index contributed by atoms with van der Waals surface area (Å²) in [7, 11) is -1.45. The number of aliphatic hydroxyl groups is 1. The third-order valence-electron chi connectivity index (χ3n) is 9.30. The molecule has 0 aromatic carbocycles. The number of likely N-dealkylation sites (N-methyl/N-ethyl adjacent to an activating group) is 1. The van der Waals surface area contributed by atoms with E-state index in [1.165, 1.54) is 135 Å². The number of Topliss-reactive ketones (excluding diaryl/α,β-unsaturated/α-hetero) is 1. The highest BCUT2D eigenvalue weighted by Crippen LogP contribution is 2.15. The zero-order valence-electron chi connectivity index (χ0n) is 33.0. The van der Waals surface area contributed by atoms with Crippen molar-refractivity contribution in [1.82, 2.24) is 0 Å². The summed E-state index contributed by atoms with van der Waals surface area (Å²) in [6.45, 7) is 5.04. The third-order valence-corrected chi connectivity index (χ3v) is 9.72. The molecule has 9 heteroatoms. The molecule has 296 valence electrons. The van der Waals surface area contributed by atoms with Crippen LogP contribution in [0, 0.1) is 0 Å². The number of rotatable bonds is 35. The van der Waals surface area contributed by atoms with Gasteiger partial charge in [-0.1, -0.05) is 141 Å². The molecule has 2 N–H and O–H groups in total. The predicted molar refractivity (Wildman–Crippen MR) is 210 cm³/mol. The van der Waals surface area contributed by atoms with Crippen LogP contribution in [0.25, 0.3) is 0 Å². The van der Waals surface area contributed by atoms with Crippen molar-refractivity contribution in [2.75, 3.05) is 33.9 Å². The number of carbonyl (C=O) groups excluding carboxylic acids is 2. The lowest BCUT2D eigenvalue weighted by atomic mass is 10.1. The van der Waals surface area contributed by atoms with E-state index in [4.69, 9.17) is 4.55 Å². The Hall–Kier alpha value is -1.39. The van der Waals surface area contributed by atoms with Gasteiger partial charge in [-0.3, -0.25) is 18.0 Å². The van der Waals surface area contributed by atoms with Crippen LogP contribution in [0.15, 0.2) is 24.3 Å². The third kappa shape index (κ3) is 37.9.